The monoisotopic (exact) mass is 1100 g/mol. The number of rotatable bonds is 60. The predicted octanol–water partition coefficient (Wildman–Crippen LogP) is 19.8. The average molecular weight is 1100 g/mol. The smallest absolute Gasteiger partial charge is 0.306 e. The molecule has 0 aromatic rings. The number of hydrogen-bond acceptors (Lipinski definition) is 7. The zero-order valence-corrected chi connectivity index (χ0v) is 52.6. The van der Waals surface area contributed by atoms with Gasteiger partial charge in [-0.25, -0.2) is 0 Å². The van der Waals surface area contributed by atoms with Gasteiger partial charge < -0.3 is 28.5 Å². The Morgan fingerprint density at radius 2 is 0.792 bits per heavy atom. The molecule has 3 unspecified atom stereocenters. The van der Waals surface area contributed by atoms with E-state index in [2.05, 4.69) is 62.5 Å². The lowest BCUT2D eigenvalue weighted by Gasteiger charge is -2.30. The van der Waals surface area contributed by atoms with E-state index in [-0.39, 0.29) is 31.5 Å². The Morgan fingerprint density at radius 1 is 0.455 bits per heavy atom. The van der Waals surface area contributed by atoms with Gasteiger partial charge in [0.2, 0.25) is 5.91 Å². The molecule has 0 aromatic carbocycles. The van der Waals surface area contributed by atoms with Crippen LogP contribution < -0.4 is 10.2 Å². The number of nitrogens with zero attached hydrogens (tertiary/aromatic N) is 1. The topological polar surface area (TPSA) is 114 Å². The molecule has 9 nitrogen and oxygen atoms in total. The first-order chi connectivity index (χ1) is 37.4. The van der Waals surface area contributed by atoms with E-state index in [4.69, 9.17) is 13.8 Å². The summed E-state index contributed by atoms with van der Waals surface area (Å²) in [5.41, 5.74) is 0. The third-order valence-corrected chi connectivity index (χ3v) is 15.7. The van der Waals surface area contributed by atoms with Gasteiger partial charge in [0.15, 0.2) is 0 Å². The molecular formula is C67H127N2O7P. The van der Waals surface area contributed by atoms with Gasteiger partial charge in [-0.15, -0.1) is 0 Å². The highest BCUT2D eigenvalue weighted by Gasteiger charge is 2.27. The van der Waals surface area contributed by atoms with Gasteiger partial charge in [0, 0.05) is 12.8 Å². The first-order valence-electron chi connectivity index (χ1n) is 32.9. The Kier molecular flexibility index (Phi) is 55.7. The summed E-state index contributed by atoms with van der Waals surface area (Å²) in [5, 5.41) is 3.03. The van der Waals surface area contributed by atoms with E-state index in [9.17, 15) is 19.0 Å². The van der Waals surface area contributed by atoms with Crippen LogP contribution in [0.25, 0.3) is 0 Å². The SMILES string of the molecule is CCCCC/C=C\C/C=C\CCCCCCCCCC(=O)NC(COP(=O)([O-])OCC[N+](C)(C)C)C(/C=C/CCCCCCCCCCCCC)OC(=O)CCCCCCCCCCCCC/C=C/CCCCCCCC. The van der Waals surface area contributed by atoms with Gasteiger partial charge in [0.1, 0.15) is 19.3 Å². The van der Waals surface area contributed by atoms with Crippen molar-refractivity contribution in [1.29, 1.82) is 0 Å². The van der Waals surface area contributed by atoms with Crippen molar-refractivity contribution in [2.75, 3.05) is 40.9 Å². The normalized spacial score (nSPS) is 13.9. The summed E-state index contributed by atoms with van der Waals surface area (Å²) in [7, 11) is 1.19. The molecule has 0 rings (SSSR count). The van der Waals surface area contributed by atoms with Crippen LogP contribution in [0.4, 0.5) is 0 Å². The Balaban J connectivity index is 5.21. The molecule has 0 saturated heterocycles. The van der Waals surface area contributed by atoms with Crippen LogP contribution >= 0.6 is 7.82 Å². The number of ether oxygens (including phenoxy) is 1. The number of unbranched alkanes of at least 4 members (excludes halogenated alkanes) is 38. The van der Waals surface area contributed by atoms with Gasteiger partial charge in [-0.05, 0) is 89.5 Å². The third-order valence-electron chi connectivity index (χ3n) is 14.7. The molecule has 10 heteroatoms. The molecular weight excluding hydrogens is 976 g/mol. The Morgan fingerprint density at radius 3 is 1.21 bits per heavy atom. The van der Waals surface area contributed by atoms with E-state index in [1.54, 1.807) is 0 Å². The molecule has 1 amide bonds. The molecule has 452 valence electrons. The summed E-state index contributed by atoms with van der Waals surface area (Å²) in [5.74, 6) is -0.540. The molecule has 1 N–H and O–H groups in total. The van der Waals surface area contributed by atoms with E-state index >= 15 is 0 Å². The van der Waals surface area contributed by atoms with Gasteiger partial charge in [0.05, 0.1) is 33.8 Å². The van der Waals surface area contributed by atoms with E-state index < -0.39 is 20.0 Å². The second kappa shape index (κ2) is 57.2. The number of amides is 1. The van der Waals surface area contributed by atoms with Crippen molar-refractivity contribution in [3.8, 4) is 0 Å². The van der Waals surface area contributed by atoms with E-state index in [0.29, 0.717) is 17.4 Å². The van der Waals surface area contributed by atoms with Gasteiger partial charge in [0.25, 0.3) is 7.82 Å². The fraction of sp³-hybridized carbons (Fsp3) is 0.851. The van der Waals surface area contributed by atoms with Crippen LogP contribution in [0.1, 0.15) is 316 Å². The van der Waals surface area contributed by atoms with Crippen molar-refractivity contribution in [3.63, 3.8) is 0 Å². The number of nitrogens with one attached hydrogen (secondary N) is 1. The molecule has 0 aromatic heterocycles. The fourth-order valence-corrected chi connectivity index (χ4v) is 10.3. The van der Waals surface area contributed by atoms with Crippen LogP contribution in [-0.2, 0) is 27.9 Å². The van der Waals surface area contributed by atoms with Crippen molar-refractivity contribution in [2.24, 2.45) is 0 Å². The minimum atomic E-state index is -4.70. The number of allylic oxidation sites excluding steroid dienone is 7. The summed E-state index contributed by atoms with van der Waals surface area (Å²) in [6.45, 7) is 6.84. The maximum Gasteiger partial charge on any atom is 0.306 e. The number of carbonyl (C=O) groups excluding carboxylic acids is 2. The second-order valence-corrected chi connectivity index (χ2v) is 25.0. The molecule has 0 aliphatic heterocycles. The van der Waals surface area contributed by atoms with Crippen LogP contribution in [-0.4, -0.2) is 69.4 Å². The summed E-state index contributed by atoms with van der Waals surface area (Å²) >= 11 is 0. The summed E-state index contributed by atoms with van der Waals surface area (Å²) in [4.78, 5) is 40.1. The minimum absolute atomic E-state index is 0.0234. The van der Waals surface area contributed by atoms with Crippen molar-refractivity contribution in [1.82, 2.24) is 5.32 Å². The fourth-order valence-electron chi connectivity index (χ4n) is 9.61. The highest BCUT2D eigenvalue weighted by Crippen LogP contribution is 2.38. The predicted molar refractivity (Wildman–Crippen MR) is 330 cm³/mol. The highest BCUT2D eigenvalue weighted by atomic mass is 31.2. The Labute approximate surface area is 478 Å². The summed E-state index contributed by atoms with van der Waals surface area (Å²) in [6, 6.07) is -0.892. The maximum atomic E-state index is 13.5. The highest BCUT2D eigenvalue weighted by molar-refractivity contribution is 7.45. The minimum Gasteiger partial charge on any atom is -0.756 e. The standard InChI is InChI=1S/C67H127N2O7P/c1-7-10-13-16-19-22-25-28-30-32-33-34-35-37-39-42-45-48-51-54-57-60-67(71)76-65(58-55-52-49-46-43-40-27-24-21-18-15-12-9-3)64(63-75-77(72,73)74-62-61-69(4,5)6)68-66(70)59-56-53-50-47-44-41-38-36-31-29-26-23-20-17-14-11-8-2/h20,23,28-31,55,58,64-65H,7-19,21-22,24-27,32-54,56-57,59-63H2,1-6H3,(H-,68,70,72,73)/b23-20-,30-28+,31-29-,58-55+. The molecule has 0 saturated carbocycles. The second-order valence-electron chi connectivity index (χ2n) is 23.6. The summed E-state index contributed by atoms with van der Waals surface area (Å²) < 4.78 is 30.4. The van der Waals surface area contributed by atoms with E-state index in [1.807, 2.05) is 33.3 Å². The van der Waals surface area contributed by atoms with Crippen LogP contribution in [0.2, 0.25) is 0 Å². The maximum absolute atomic E-state index is 13.5. The number of likely N-dealkylation sites (N-methyl/N-ethyl adjacent to an activating group) is 1. The number of hydrogen-bond donors (Lipinski definition) is 1. The molecule has 0 radical (unpaired) electrons. The molecule has 0 fully saturated rings. The number of esters is 1. The van der Waals surface area contributed by atoms with E-state index in [0.717, 1.165) is 77.0 Å². The zero-order valence-electron chi connectivity index (χ0n) is 51.7. The van der Waals surface area contributed by atoms with Crippen molar-refractivity contribution >= 4 is 19.7 Å². The van der Waals surface area contributed by atoms with Gasteiger partial charge in [-0.1, -0.05) is 262 Å². The molecule has 0 heterocycles. The molecule has 0 spiro atoms. The average Bonchev–Trinajstić information content (AvgIpc) is 3.39. The lowest BCUT2D eigenvalue weighted by Crippen LogP contribution is -2.47. The van der Waals surface area contributed by atoms with Gasteiger partial charge in [-0.2, -0.15) is 0 Å². The van der Waals surface area contributed by atoms with Crippen molar-refractivity contribution in [2.45, 2.75) is 328 Å². The first kappa shape index (κ1) is 75.0. The molecule has 3 atom stereocenters. The van der Waals surface area contributed by atoms with Gasteiger partial charge >= 0.3 is 5.97 Å². The number of quaternary nitrogens is 1. The lowest BCUT2D eigenvalue weighted by atomic mass is 10.0. The zero-order chi connectivity index (χ0) is 56.4. The summed E-state index contributed by atoms with van der Waals surface area (Å²) in [6.07, 6.45) is 70.7. The molecule has 0 aliphatic rings. The van der Waals surface area contributed by atoms with Crippen molar-refractivity contribution in [3.05, 3.63) is 48.6 Å². The lowest BCUT2D eigenvalue weighted by molar-refractivity contribution is -0.870. The van der Waals surface area contributed by atoms with Crippen molar-refractivity contribution < 1.29 is 37.3 Å². The van der Waals surface area contributed by atoms with Gasteiger partial charge in [-0.3, -0.25) is 14.2 Å². The molecule has 77 heavy (non-hydrogen) atoms. The van der Waals surface area contributed by atoms with Crippen LogP contribution in [0.3, 0.4) is 0 Å². The van der Waals surface area contributed by atoms with E-state index in [1.165, 1.54) is 205 Å². The Bertz CT molecular complexity index is 1460. The molecule has 0 bridgehead atoms. The van der Waals surface area contributed by atoms with Crippen LogP contribution in [0.15, 0.2) is 48.6 Å². The molecule has 0 aliphatic carbocycles. The number of phosphoric acid groups is 1. The number of phosphoric ester groups is 1. The first-order valence-corrected chi connectivity index (χ1v) is 34.4. The van der Waals surface area contributed by atoms with Crippen LogP contribution in [0, 0.1) is 0 Å². The third kappa shape index (κ3) is 58.4. The quantitative estimate of drug-likeness (QED) is 0.0212. The van der Waals surface area contributed by atoms with Crippen LogP contribution in [0.5, 0.6) is 0 Å². The largest absolute Gasteiger partial charge is 0.756 e. The number of carbonyl (C=O) groups is 2. The Hall–Kier alpha value is -2.03.